The molecule has 0 aliphatic heterocycles. The predicted molar refractivity (Wildman–Crippen MR) is 155 cm³/mol. The topological polar surface area (TPSA) is 121 Å². The number of thiocarbonyl (C=S) groups is 1. The Hall–Kier alpha value is -4.54. The second kappa shape index (κ2) is 13.3. The van der Waals surface area contributed by atoms with Gasteiger partial charge in [-0.2, -0.15) is 0 Å². The summed E-state index contributed by atoms with van der Waals surface area (Å²) in [6.07, 6.45) is -0.0441. The highest BCUT2D eigenvalue weighted by Gasteiger charge is 2.17. The molecule has 0 saturated carbocycles. The number of nitrogens with zero attached hydrogens (tertiary/aromatic N) is 2. The van der Waals surface area contributed by atoms with Crippen molar-refractivity contribution < 1.29 is 19.0 Å². The molecule has 10 heteroatoms. The van der Waals surface area contributed by atoms with Crippen LogP contribution in [0, 0.1) is 0 Å². The molecule has 1 aromatic heterocycles. The van der Waals surface area contributed by atoms with Gasteiger partial charge in [-0.25, -0.2) is 0 Å². The van der Waals surface area contributed by atoms with Gasteiger partial charge in [-0.1, -0.05) is 48.5 Å². The molecule has 0 aliphatic carbocycles. The van der Waals surface area contributed by atoms with Gasteiger partial charge in [0.2, 0.25) is 0 Å². The zero-order chi connectivity index (χ0) is 27.6. The van der Waals surface area contributed by atoms with Crippen LogP contribution in [0.1, 0.15) is 24.9 Å². The molecule has 4 N–H and O–H groups in total. The van der Waals surface area contributed by atoms with Crippen molar-refractivity contribution in [3.05, 3.63) is 90.5 Å². The van der Waals surface area contributed by atoms with Crippen LogP contribution in [0.3, 0.4) is 0 Å². The lowest BCUT2D eigenvalue weighted by molar-refractivity contribution is -0.134. The average Bonchev–Trinajstić information content (AvgIpc) is 2.95. The molecular weight excluding hydrogens is 514 g/mol. The molecule has 0 saturated heterocycles. The van der Waals surface area contributed by atoms with Gasteiger partial charge in [-0.15, -0.1) is 10.2 Å². The molecule has 0 bridgehead atoms. The van der Waals surface area contributed by atoms with E-state index in [0.29, 0.717) is 35.4 Å². The third-order valence-corrected chi connectivity index (χ3v) is 5.84. The van der Waals surface area contributed by atoms with Crippen molar-refractivity contribution in [2.45, 2.75) is 19.4 Å². The van der Waals surface area contributed by atoms with Crippen LogP contribution >= 0.6 is 12.2 Å². The Morgan fingerprint density at radius 3 is 2.41 bits per heavy atom. The van der Waals surface area contributed by atoms with Crippen molar-refractivity contribution in [2.24, 2.45) is 5.73 Å². The fourth-order valence-electron chi connectivity index (χ4n) is 3.74. The first-order chi connectivity index (χ1) is 19.0. The number of rotatable bonds is 10. The second-order valence-electron chi connectivity index (χ2n) is 8.37. The summed E-state index contributed by atoms with van der Waals surface area (Å²) in [7, 11) is 1.55. The number of aromatic nitrogens is 2. The molecule has 1 atom stereocenters. The van der Waals surface area contributed by atoms with Gasteiger partial charge < -0.3 is 30.6 Å². The zero-order valence-corrected chi connectivity index (χ0v) is 22.4. The second-order valence-corrected chi connectivity index (χ2v) is 8.78. The van der Waals surface area contributed by atoms with Crippen molar-refractivity contribution in [1.29, 1.82) is 0 Å². The number of esters is 1. The number of carbonyl (C=O) groups excluding carboxylic acids is 1. The van der Waals surface area contributed by atoms with E-state index in [1.165, 1.54) is 0 Å². The van der Waals surface area contributed by atoms with Gasteiger partial charge in [0.05, 0.1) is 31.5 Å². The van der Waals surface area contributed by atoms with Gasteiger partial charge in [0.1, 0.15) is 0 Å². The van der Waals surface area contributed by atoms with E-state index >= 15 is 0 Å². The van der Waals surface area contributed by atoms with E-state index in [0.717, 1.165) is 16.8 Å². The third-order valence-electron chi connectivity index (χ3n) is 5.64. The Morgan fingerprint density at radius 2 is 1.69 bits per heavy atom. The van der Waals surface area contributed by atoms with Crippen LogP contribution in [0.2, 0.25) is 0 Å². The molecule has 3 aromatic carbocycles. The molecule has 0 fully saturated rings. The number of hydrogen-bond acceptors (Lipinski definition) is 8. The maximum Gasteiger partial charge on any atom is 0.313 e. The minimum atomic E-state index is -0.595. The zero-order valence-electron chi connectivity index (χ0n) is 21.6. The monoisotopic (exact) mass is 543 g/mol. The summed E-state index contributed by atoms with van der Waals surface area (Å²) in [6, 6.07) is 25.1. The number of anilines is 2. The van der Waals surface area contributed by atoms with Crippen LogP contribution in [0.15, 0.2) is 84.9 Å². The van der Waals surface area contributed by atoms with E-state index in [9.17, 15) is 4.79 Å². The van der Waals surface area contributed by atoms with Crippen LogP contribution < -0.4 is 30.6 Å². The standard InChI is InChI=1S/C29H29N5O4S/c1-3-37-25-15-13-20(17-26(25)36-2)21(30)18-28(35)38-24-12-8-7-11-23(24)31-29(39)32-27-16-14-22(33-34-27)19-9-5-4-6-10-19/h4-17,21H,3,18,30H2,1-2H3,(H2,31,32,34,39). The Kier molecular flexibility index (Phi) is 9.39. The van der Waals surface area contributed by atoms with Crippen LogP contribution in [-0.2, 0) is 4.79 Å². The van der Waals surface area contributed by atoms with Gasteiger partial charge in [-0.3, -0.25) is 4.79 Å². The minimum Gasteiger partial charge on any atom is -0.493 e. The first-order valence-electron chi connectivity index (χ1n) is 12.3. The highest BCUT2D eigenvalue weighted by atomic mass is 32.1. The van der Waals surface area contributed by atoms with E-state index in [1.807, 2.05) is 43.3 Å². The summed E-state index contributed by atoms with van der Waals surface area (Å²) < 4.78 is 16.5. The molecule has 0 spiro atoms. The highest BCUT2D eigenvalue weighted by molar-refractivity contribution is 7.80. The fraction of sp³-hybridized carbons (Fsp3) is 0.172. The SMILES string of the molecule is CCOc1ccc(C(N)CC(=O)Oc2ccccc2NC(=S)Nc2ccc(-c3ccccc3)nn2)cc1OC. The van der Waals surface area contributed by atoms with Gasteiger partial charge in [0.25, 0.3) is 0 Å². The summed E-state index contributed by atoms with van der Waals surface area (Å²) >= 11 is 5.43. The van der Waals surface area contributed by atoms with Gasteiger partial charge >= 0.3 is 5.97 Å². The summed E-state index contributed by atoms with van der Waals surface area (Å²) in [4.78, 5) is 12.7. The quantitative estimate of drug-likeness (QED) is 0.137. The predicted octanol–water partition coefficient (Wildman–Crippen LogP) is 5.36. The number of methoxy groups -OCH3 is 1. The number of hydrogen-bond donors (Lipinski definition) is 3. The number of para-hydroxylation sites is 2. The van der Waals surface area contributed by atoms with Gasteiger partial charge in [0.15, 0.2) is 28.2 Å². The first-order valence-corrected chi connectivity index (χ1v) is 12.7. The van der Waals surface area contributed by atoms with Crippen molar-refractivity contribution in [3.63, 3.8) is 0 Å². The minimum absolute atomic E-state index is 0.0441. The van der Waals surface area contributed by atoms with Crippen molar-refractivity contribution in [2.75, 3.05) is 24.4 Å². The number of ether oxygens (including phenoxy) is 3. The first kappa shape index (κ1) is 27.5. The number of nitrogens with one attached hydrogen (secondary N) is 2. The fourth-order valence-corrected chi connectivity index (χ4v) is 3.96. The lowest BCUT2D eigenvalue weighted by Gasteiger charge is -2.16. The molecule has 0 amide bonds. The Bertz CT molecular complexity index is 1420. The molecule has 0 aliphatic rings. The molecule has 4 rings (SSSR count). The number of carbonyl (C=O) groups is 1. The van der Waals surface area contributed by atoms with Crippen molar-refractivity contribution >= 4 is 34.8 Å². The smallest absolute Gasteiger partial charge is 0.313 e. The maximum absolute atomic E-state index is 12.7. The third kappa shape index (κ3) is 7.50. The van der Waals surface area contributed by atoms with E-state index in [4.69, 9.17) is 32.2 Å². The van der Waals surface area contributed by atoms with Crippen molar-refractivity contribution in [3.8, 4) is 28.5 Å². The summed E-state index contributed by atoms with van der Waals surface area (Å²) in [5, 5.41) is 14.7. The molecule has 1 unspecified atom stereocenters. The largest absolute Gasteiger partial charge is 0.493 e. The lowest BCUT2D eigenvalue weighted by Crippen LogP contribution is -2.22. The van der Waals surface area contributed by atoms with Crippen molar-refractivity contribution in [1.82, 2.24) is 10.2 Å². The maximum atomic E-state index is 12.7. The molecular formula is C29H29N5O4S. The van der Waals surface area contributed by atoms with E-state index in [-0.39, 0.29) is 11.5 Å². The Balaban J connectivity index is 1.36. The average molecular weight is 544 g/mol. The normalized spacial score (nSPS) is 11.3. The Morgan fingerprint density at radius 1 is 0.923 bits per heavy atom. The van der Waals surface area contributed by atoms with E-state index in [2.05, 4.69) is 20.8 Å². The summed E-state index contributed by atoms with van der Waals surface area (Å²) in [6.45, 7) is 2.40. The lowest BCUT2D eigenvalue weighted by atomic mass is 10.0. The van der Waals surface area contributed by atoms with Crippen LogP contribution in [0.5, 0.6) is 17.2 Å². The van der Waals surface area contributed by atoms with Crippen LogP contribution in [0.25, 0.3) is 11.3 Å². The molecule has 9 nitrogen and oxygen atoms in total. The number of nitrogens with two attached hydrogens (primary N) is 1. The Labute approximate surface area is 232 Å². The molecule has 4 aromatic rings. The van der Waals surface area contributed by atoms with Gasteiger partial charge in [0, 0.05) is 11.6 Å². The summed E-state index contributed by atoms with van der Waals surface area (Å²) in [5.41, 5.74) is 9.24. The van der Waals surface area contributed by atoms with Gasteiger partial charge in [-0.05, 0) is 61.1 Å². The number of benzene rings is 3. The summed E-state index contributed by atoms with van der Waals surface area (Å²) in [5.74, 6) is 1.45. The molecule has 0 radical (unpaired) electrons. The molecule has 39 heavy (non-hydrogen) atoms. The molecule has 1 heterocycles. The van der Waals surface area contributed by atoms with Crippen LogP contribution in [0.4, 0.5) is 11.5 Å². The van der Waals surface area contributed by atoms with Crippen LogP contribution in [-0.4, -0.2) is 35.0 Å². The highest BCUT2D eigenvalue weighted by Crippen LogP contribution is 2.31. The molecule has 200 valence electrons. The van der Waals surface area contributed by atoms with E-state index < -0.39 is 12.0 Å². The van der Waals surface area contributed by atoms with E-state index in [1.54, 1.807) is 55.6 Å².